The van der Waals surface area contributed by atoms with Gasteiger partial charge in [-0.1, -0.05) is 170 Å². The van der Waals surface area contributed by atoms with Gasteiger partial charge >= 0.3 is 17.9 Å². The van der Waals surface area contributed by atoms with Gasteiger partial charge in [-0.05, 0) is 57.8 Å². The van der Waals surface area contributed by atoms with Crippen molar-refractivity contribution in [1.82, 2.24) is 0 Å². The van der Waals surface area contributed by atoms with Crippen molar-refractivity contribution in [2.45, 2.75) is 187 Å². The summed E-state index contributed by atoms with van der Waals surface area (Å²) < 4.78 is 17.2. The molecule has 0 aromatic rings. The van der Waals surface area contributed by atoms with Crippen molar-refractivity contribution >= 4 is 17.9 Å². The molecule has 2 atom stereocenters. The van der Waals surface area contributed by atoms with Crippen LogP contribution in [0.25, 0.3) is 0 Å². The summed E-state index contributed by atoms with van der Waals surface area (Å²) in [7, 11) is 5.51. The van der Waals surface area contributed by atoms with Gasteiger partial charge in [0, 0.05) is 19.3 Å². The first-order valence-electron chi connectivity index (χ1n) is 23.0. The highest BCUT2D eigenvalue weighted by molar-refractivity contribution is 5.72. The first-order chi connectivity index (χ1) is 28.1. The summed E-state index contributed by atoms with van der Waals surface area (Å²) in [5.41, 5.74) is 0. The molecule has 0 saturated carbocycles. The van der Waals surface area contributed by atoms with Crippen molar-refractivity contribution < 1.29 is 38.2 Å². The van der Waals surface area contributed by atoms with Crippen LogP contribution in [0.1, 0.15) is 174 Å². The van der Waals surface area contributed by atoms with E-state index in [1.807, 2.05) is 69.8 Å². The van der Waals surface area contributed by atoms with Gasteiger partial charge in [0.25, 0.3) is 0 Å². The lowest BCUT2D eigenvalue weighted by molar-refractivity contribution is -0.887. The molecule has 0 heterocycles. The SMILES string of the molecule is CC/C=C/C=C/C=C/C=C/C=C/CCCCCC(=O)OCC(COCCC(C(=O)O)[N+](C)(C)C)OC(=O)CCCCCCCCC/C=C/CCCCCCCCCC. The van der Waals surface area contributed by atoms with Crippen LogP contribution in [0.15, 0.2) is 72.9 Å². The molecule has 8 nitrogen and oxygen atoms in total. The molecular formula is C50H86NO7+. The van der Waals surface area contributed by atoms with Crippen molar-refractivity contribution in [1.29, 1.82) is 0 Å². The molecule has 0 amide bonds. The van der Waals surface area contributed by atoms with Crippen LogP contribution in [0.5, 0.6) is 0 Å². The lowest BCUT2D eigenvalue weighted by atomic mass is 10.1. The quantitative estimate of drug-likeness (QED) is 0.0216. The van der Waals surface area contributed by atoms with Crippen molar-refractivity contribution in [3.8, 4) is 0 Å². The van der Waals surface area contributed by atoms with Gasteiger partial charge in [-0.15, -0.1) is 0 Å². The molecule has 1 N–H and O–H groups in total. The molecule has 0 aliphatic heterocycles. The van der Waals surface area contributed by atoms with Gasteiger partial charge < -0.3 is 23.8 Å². The molecule has 8 heteroatoms. The number of nitrogens with zero attached hydrogens (tertiary/aromatic N) is 1. The van der Waals surface area contributed by atoms with Crippen LogP contribution in [-0.4, -0.2) is 80.6 Å². The van der Waals surface area contributed by atoms with E-state index in [-0.39, 0.29) is 36.2 Å². The summed E-state index contributed by atoms with van der Waals surface area (Å²) in [6, 6.07) is -0.625. The minimum atomic E-state index is -0.884. The van der Waals surface area contributed by atoms with E-state index in [1.165, 1.54) is 89.9 Å². The number of allylic oxidation sites excluding steroid dienone is 12. The molecule has 0 spiro atoms. The highest BCUT2D eigenvalue weighted by atomic mass is 16.6. The highest BCUT2D eigenvalue weighted by Crippen LogP contribution is 2.14. The summed E-state index contributed by atoms with van der Waals surface area (Å²) in [6.45, 7) is 4.54. The fraction of sp³-hybridized carbons (Fsp3) is 0.700. The number of carbonyl (C=O) groups excluding carboxylic acids is 2. The van der Waals surface area contributed by atoms with E-state index in [2.05, 4.69) is 38.2 Å². The van der Waals surface area contributed by atoms with Gasteiger partial charge in [0.05, 0.1) is 34.4 Å². The van der Waals surface area contributed by atoms with Crippen LogP contribution in [0.2, 0.25) is 0 Å². The van der Waals surface area contributed by atoms with E-state index in [4.69, 9.17) is 14.2 Å². The fourth-order valence-corrected chi connectivity index (χ4v) is 6.40. The maximum absolute atomic E-state index is 12.7. The van der Waals surface area contributed by atoms with E-state index in [9.17, 15) is 19.5 Å². The highest BCUT2D eigenvalue weighted by Gasteiger charge is 2.31. The van der Waals surface area contributed by atoms with E-state index < -0.39 is 18.1 Å². The Morgan fingerprint density at radius 1 is 0.534 bits per heavy atom. The third-order valence-corrected chi connectivity index (χ3v) is 9.97. The molecule has 0 aromatic carbocycles. The molecule has 0 bridgehead atoms. The molecule has 0 saturated heterocycles. The third kappa shape index (κ3) is 38.3. The molecule has 58 heavy (non-hydrogen) atoms. The van der Waals surface area contributed by atoms with Crippen LogP contribution < -0.4 is 0 Å². The summed E-state index contributed by atoms with van der Waals surface area (Å²) in [5, 5.41) is 9.63. The molecule has 0 fully saturated rings. The van der Waals surface area contributed by atoms with Crippen LogP contribution in [0.4, 0.5) is 0 Å². The van der Waals surface area contributed by atoms with E-state index in [0.717, 1.165) is 51.4 Å². The van der Waals surface area contributed by atoms with Gasteiger partial charge in [-0.25, -0.2) is 4.79 Å². The minimum absolute atomic E-state index is 0.0421. The second kappa shape index (κ2) is 40.5. The number of likely N-dealkylation sites (N-methyl/N-ethyl adjacent to an activating group) is 1. The van der Waals surface area contributed by atoms with Gasteiger partial charge in [0.15, 0.2) is 12.1 Å². The zero-order valence-electron chi connectivity index (χ0n) is 37.7. The Kier molecular flexibility index (Phi) is 38.3. The zero-order chi connectivity index (χ0) is 42.8. The largest absolute Gasteiger partial charge is 0.477 e. The van der Waals surface area contributed by atoms with Gasteiger partial charge in [0.2, 0.25) is 0 Å². The predicted octanol–water partition coefficient (Wildman–Crippen LogP) is 12.7. The number of hydrogen-bond acceptors (Lipinski definition) is 6. The number of esters is 2. The monoisotopic (exact) mass is 813 g/mol. The number of rotatable bonds is 40. The fourth-order valence-electron chi connectivity index (χ4n) is 6.40. The van der Waals surface area contributed by atoms with Crippen molar-refractivity contribution in [3.63, 3.8) is 0 Å². The Balaban J connectivity index is 4.39. The number of carboxylic acid groups (broad SMARTS) is 1. The van der Waals surface area contributed by atoms with Gasteiger partial charge in [0.1, 0.15) is 6.61 Å². The smallest absolute Gasteiger partial charge is 0.362 e. The first-order valence-corrected chi connectivity index (χ1v) is 23.0. The normalized spacial score (nSPS) is 13.6. The van der Waals surface area contributed by atoms with Gasteiger partial charge in [-0.2, -0.15) is 0 Å². The topological polar surface area (TPSA) is 99.1 Å². The standard InChI is InChI=1S/C50H85NO7/c1-6-8-10-12-14-16-18-20-22-23-24-25-27-29-31-33-35-37-39-41-49(53)58-46(44-56-43-42-47(50(54)55)51(3,4)5)45-57-48(52)40-38-36-34-32-30-28-26-21-19-17-15-13-11-9-7-2/h9,11,13,15,17,19,21,23-24,26,28,30,46-47H,6-8,10,12,14,16,18,20,22,25,27,29,31-45H2,1-5H3/p+1/b11-9+,15-13+,19-17+,24-23+,26-21+,30-28+. The molecule has 0 aliphatic carbocycles. The third-order valence-electron chi connectivity index (χ3n) is 9.97. The summed E-state index contributed by atoms with van der Waals surface area (Å²) >= 11 is 0. The average Bonchev–Trinajstić information content (AvgIpc) is 3.18. The van der Waals surface area contributed by atoms with Crippen molar-refractivity contribution in [2.75, 3.05) is 41.0 Å². The number of carboxylic acids is 1. The molecule has 0 aromatic heterocycles. The lowest BCUT2D eigenvalue weighted by Gasteiger charge is -2.31. The van der Waals surface area contributed by atoms with E-state index in [1.54, 1.807) is 0 Å². The zero-order valence-corrected chi connectivity index (χ0v) is 37.7. The van der Waals surface area contributed by atoms with Crippen molar-refractivity contribution in [2.24, 2.45) is 0 Å². The van der Waals surface area contributed by atoms with Crippen LogP contribution >= 0.6 is 0 Å². The number of hydrogen-bond donors (Lipinski definition) is 1. The maximum atomic E-state index is 12.7. The predicted molar refractivity (Wildman–Crippen MR) is 243 cm³/mol. The maximum Gasteiger partial charge on any atom is 0.362 e. The lowest BCUT2D eigenvalue weighted by Crippen LogP contribution is -2.50. The van der Waals surface area contributed by atoms with Gasteiger partial charge in [-0.3, -0.25) is 9.59 Å². The Bertz CT molecular complexity index is 1180. The van der Waals surface area contributed by atoms with Crippen LogP contribution in [-0.2, 0) is 28.6 Å². The molecule has 0 aliphatic rings. The molecule has 332 valence electrons. The Hall–Kier alpha value is -3.23. The second-order valence-corrected chi connectivity index (χ2v) is 16.4. The Labute approximate surface area is 355 Å². The number of aliphatic carboxylic acids is 1. The number of carbonyl (C=O) groups is 3. The Morgan fingerprint density at radius 2 is 0.983 bits per heavy atom. The molecular weight excluding hydrogens is 727 g/mol. The van der Waals surface area contributed by atoms with Crippen molar-refractivity contribution in [3.05, 3.63) is 72.9 Å². The summed E-state index contributed by atoms with van der Waals surface area (Å²) in [4.78, 5) is 37.0. The number of quaternary nitrogens is 1. The van der Waals surface area contributed by atoms with E-state index in [0.29, 0.717) is 19.3 Å². The number of ether oxygens (including phenoxy) is 3. The number of unbranched alkanes of at least 4 members (excludes halogenated alkanes) is 18. The van der Waals surface area contributed by atoms with Crippen LogP contribution in [0, 0.1) is 0 Å². The summed E-state index contributed by atoms with van der Waals surface area (Å²) in [5.74, 6) is -1.53. The molecule has 0 rings (SSSR count). The average molecular weight is 813 g/mol. The second-order valence-electron chi connectivity index (χ2n) is 16.4. The Morgan fingerprint density at radius 3 is 1.50 bits per heavy atom. The van der Waals surface area contributed by atoms with Crippen LogP contribution in [0.3, 0.4) is 0 Å². The minimum Gasteiger partial charge on any atom is -0.477 e. The van der Waals surface area contributed by atoms with E-state index >= 15 is 0 Å². The summed E-state index contributed by atoms with van der Waals surface area (Å²) in [6.07, 6.45) is 50.9. The molecule has 0 radical (unpaired) electrons. The first kappa shape index (κ1) is 54.8. The molecule has 2 unspecified atom stereocenters.